The van der Waals surface area contributed by atoms with Crippen molar-refractivity contribution in [3.63, 3.8) is 0 Å². The van der Waals surface area contributed by atoms with Gasteiger partial charge in [-0.15, -0.1) is 5.10 Å². The minimum atomic E-state index is -0.515. The lowest BCUT2D eigenvalue weighted by Crippen LogP contribution is -2.16. The Balaban J connectivity index is 1.78. The fourth-order valence-corrected chi connectivity index (χ4v) is 2.46. The first-order chi connectivity index (χ1) is 11.3. The van der Waals surface area contributed by atoms with Gasteiger partial charge in [-0.05, 0) is 23.1 Å². The van der Waals surface area contributed by atoms with E-state index in [0.717, 1.165) is 16.3 Å². The number of fused-ring (bicyclic) bond motifs is 1. The van der Waals surface area contributed by atoms with Crippen molar-refractivity contribution in [2.45, 2.75) is 6.54 Å². The van der Waals surface area contributed by atoms with Gasteiger partial charge in [-0.25, -0.2) is 4.79 Å². The fourth-order valence-electron chi connectivity index (χ4n) is 2.46. The van der Waals surface area contributed by atoms with E-state index in [-0.39, 0.29) is 5.89 Å². The topological polar surface area (TPSA) is 73.8 Å². The number of pyridine rings is 2. The lowest BCUT2D eigenvalue weighted by Gasteiger charge is -2.01. The highest BCUT2D eigenvalue weighted by molar-refractivity contribution is 5.92. The van der Waals surface area contributed by atoms with E-state index in [4.69, 9.17) is 4.42 Å². The van der Waals surface area contributed by atoms with Gasteiger partial charge in [-0.1, -0.05) is 30.3 Å². The van der Waals surface area contributed by atoms with E-state index >= 15 is 0 Å². The second kappa shape index (κ2) is 5.49. The zero-order valence-electron chi connectivity index (χ0n) is 12.1. The third-order valence-corrected chi connectivity index (χ3v) is 3.54. The minimum Gasteiger partial charge on any atom is -0.386 e. The normalized spacial score (nSPS) is 11.0. The third kappa shape index (κ3) is 2.50. The average molecular weight is 304 g/mol. The van der Waals surface area contributed by atoms with Gasteiger partial charge in [0.1, 0.15) is 5.69 Å². The van der Waals surface area contributed by atoms with E-state index < -0.39 is 5.76 Å². The standard InChI is InChI=1S/C17H12N4O2/c22-17-21(11-12-4-3-8-18-10-12)20-16(23-17)15-14-6-2-1-5-13(14)7-9-19-15/h1-10H,11H2. The molecule has 6 heteroatoms. The Morgan fingerprint density at radius 1 is 1.04 bits per heavy atom. The largest absolute Gasteiger partial charge is 0.437 e. The first-order valence-electron chi connectivity index (χ1n) is 7.12. The molecule has 0 unspecified atom stereocenters. The van der Waals surface area contributed by atoms with Crippen LogP contribution in [0.4, 0.5) is 0 Å². The Hall–Kier alpha value is -3.28. The second-order valence-electron chi connectivity index (χ2n) is 5.07. The number of nitrogens with zero attached hydrogens (tertiary/aromatic N) is 4. The Kier molecular flexibility index (Phi) is 3.20. The van der Waals surface area contributed by atoms with E-state index in [0.29, 0.717) is 12.2 Å². The van der Waals surface area contributed by atoms with Crippen molar-refractivity contribution in [1.29, 1.82) is 0 Å². The maximum atomic E-state index is 12.0. The highest BCUT2D eigenvalue weighted by Crippen LogP contribution is 2.23. The van der Waals surface area contributed by atoms with Gasteiger partial charge in [0.15, 0.2) is 0 Å². The predicted octanol–water partition coefficient (Wildman–Crippen LogP) is 2.49. The van der Waals surface area contributed by atoms with Crippen LogP contribution in [0.3, 0.4) is 0 Å². The maximum Gasteiger partial charge on any atom is 0.437 e. The summed E-state index contributed by atoms with van der Waals surface area (Å²) in [6.07, 6.45) is 5.05. The van der Waals surface area contributed by atoms with Crippen molar-refractivity contribution < 1.29 is 4.42 Å². The Labute approximate surface area is 131 Å². The first-order valence-corrected chi connectivity index (χ1v) is 7.12. The Morgan fingerprint density at radius 2 is 1.96 bits per heavy atom. The molecule has 3 aromatic heterocycles. The van der Waals surface area contributed by atoms with Gasteiger partial charge in [-0.3, -0.25) is 9.97 Å². The van der Waals surface area contributed by atoms with Crippen LogP contribution in [-0.2, 0) is 6.54 Å². The van der Waals surface area contributed by atoms with Crippen molar-refractivity contribution in [2.75, 3.05) is 0 Å². The fraction of sp³-hybridized carbons (Fsp3) is 0.0588. The second-order valence-corrected chi connectivity index (χ2v) is 5.07. The summed E-state index contributed by atoms with van der Waals surface area (Å²) in [4.78, 5) is 20.4. The van der Waals surface area contributed by atoms with Gasteiger partial charge >= 0.3 is 5.76 Å². The smallest absolute Gasteiger partial charge is 0.386 e. The van der Waals surface area contributed by atoms with E-state index in [9.17, 15) is 4.79 Å². The molecule has 4 rings (SSSR count). The molecule has 0 aliphatic heterocycles. The third-order valence-electron chi connectivity index (χ3n) is 3.54. The van der Waals surface area contributed by atoms with Gasteiger partial charge in [0.25, 0.3) is 5.89 Å². The zero-order valence-corrected chi connectivity index (χ0v) is 12.1. The number of aromatic nitrogens is 4. The van der Waals surface area contributed by atoms with E-state index in [1.165, 1.54) is 4.68 Å². The van der Waals surface area contributed by atoms with E-state index in [2.05, 4.69) is 15.1 Å². The Morgan fingerprint density at radius 3 is 2.83 bits per heavy atom. The summed E-state index contributed by atoms with van der Waals surface area (Å²) in [7, 11) is 0. The molecule has 0 saturated heterocycles. The van der Waals surface area contributed by atoms with Gasteiger partial charge in [0.05, 0.1) is 6.54 Å². The van der Waals surface area contributed by atoms with Crippen LogP contribution in [-0.4, -0.2) is 19.7 Å². The first kappa shape index (κ1) is 13.4. The highest BCUT2D eigenvalue weighted by atomic mass is 16.4. The lowest BCUT2D eigenvalue weighted by molar-refractivity contribution is 0.494. The minimum absolute atomic E-state index is 0.218. The lowest BCUT2D eigenvalue weighted by atomic mass is 10.1. The average Bonchev–Trinajstić information content (AvgIpc) is 2.96. The number of benzene rings is 1. The monoisotopic (exact) mass is 304 g/mol. The SMILES string of the molecule is O=c1oc(-c2nccc3ccccc23)nn1Cc1cccnc1. The van der Waals surface area contributed by atoms with Crippen LogP contribution in [0, 0.1) is 0 Å². The molecule has 0 atom stereocenters. The molecule has 0 aliphatic carbocycles. The molecule has 1 aromatic carbocycles. The van der Waals surface area contributed by atoms with Crippen LogP contribution in [0.15, 0.2) is 70.3 Å². The maximum absolute atomic E-state index is 12.0. The molecule has 0 amide bonds. The van der Waals surface area contributed by atoms with Crippen LogP contribution >= 0.6 is 0 Å². The summed E-state index contributed by atoms with van der Waals surface area (Å²) in [6, 6.07) is 13.4. The van der Waals surface area contributed by atoms with Gasteiger partial charge in [0.2, 0.25) is 0 Å². The number of hydrogen-bond acceptors (Lipinski definition) is 5. The summed E-state index contributed by atoms with van der Waals surface area (Å²) in [6.45, 7) is 0.306. The van der Waals surface area contributed by atoms with Crippen LogP contribution in [0.2, 0.25) is 0 Å². The molecule has 112 valence electrons. The summed E-state index contributed by atoms with van der Waals surface area (Å²) >= 11 is 0. The molecule has 3 heterocycles. The number of rotatable bonds is 3. The van der Waals surface area contributed by atoms with Crippen LogP contribution < -0.4 is 5.76 Å². The molecule has 0 fully saturated rings. The predicted molar refractivity (Wildman–Crippen MR) is 84.8 cm³/mol. The molecule has 0 bridgehead atoms. The van der Waals surface area contributed by atoms with Crippen LogP contribution in [0.5, 0.6) is 0 Å². The summed E-state index contributed by atoms with van der Waals surface area (Å²) in [5.41, 5.74) is 1.44. The van der Waals surface area contributed by atoms with Crippen LogP contribution in [0.1, 0.15) is 5.56 Å². The van der Waals surface area contributed by atoms with Crippen LogP contribution in [0.25, 0.3) is 22.4 Å². The zero-order chi connectivity index (χ0) is 15.6. The number of hydrogen-bond donors (Lipinski definition) is 0. The molecule has 0 N–H and O–H groups in total. The van der Waals surface area contributed by atoms with Gasteiger partial charge < -0.3 is 4.42 Å². The highest BCUT2D eigenvalue weighted by Gasteiger charge is 2.14. The van der Waals surface area contributed by atoms with Crippen molar-refractivity contribution in [1.82, 2.24) is 19.7 Å². The van der Waals surface area contributed by atoms with Gasteiger partial charge in [0, 0.05) is 24.0 Å². The van der Waals surface area contributed by atoms with Crippen molar-refractivity contribution in [2.24, 2.45) is 0 Å². The molecule has 6 nitrogen and oxygen atoms in total. The molecule has 0 spiro atoms. The van der Waals surface area contributed by atoms with E-state index in [1.54, 1.807) is 18.6 Å². The van der Waals surface area contributed by atoms with Crippen molar-refractivity contribution >= 4 is 10.8 Å². The molecule has 0 aliphatic rings. The van der Waals surface area contributed by atoms with Crippen molar-refractivity contribution in [3.05, 3.63) is 77.2 Å². The van der Waals surface area contributed by atoms with Gasteiger partial charge in [-0.2, -0.15) is 4.68 Å². The van der Waals surface area contributed by atoms with E-state index in [1.807, 2.05) is 42.5 Å². The molecule has 0 saturated carbocycles. The Bertz CT molecular complexity index is 1020. The quantitative estimate of drug-likeness (QED) is 0.581. The summed E-state index contributed by atoms with van der Waals surface area (Å²) in [5, 5.41) is 6.18. The molecular weight excluding hydrogens is 292 g/mol. The molecular formula is C17H12N4O2. The molecule has 4 aromatic rings. The van der Waals surface area contributed by atoms with Crippen molar-refractivity contribution in [3.8, 4) is 11.6 Å². The molecule has 0 radical (unpaired) electrons. The summed E-state index contributed by atoms with van der Waals surface area (Å²) in [5.74, 6) is -0.297. The molecule has 23 heavy (non-hydrogen) atoms. The summed E-state index contributed by atoms with van der Waals surface area (Å²) < 4.78 is 6.57.